The lowest BCUT2D eigenvalue weighted by Crippen LogP contribution is -2.28. The van der Waals surface area contributed by atoms with Crippen LogP contribution in [-0.4, -0.2) is 42.4 Å². The van der Waals surface area contributed by atoms with E-state index in [1.165, 1.54) is 6.20 Å². The van der Waals surface area contributed by atoms with Gasteiger partial charge in [-0.3, -0.25) is 0 Å². The largest absolute Gasteiger partial charge is 0.478 e. The first-order valence-electron chi connectivity index (χ1n) is 5.71. The number of aromatic nitrogens is 1. The van der Waals surface area contributed by atoms with Gasteiger partial charge in [0.15, 0.2) is 0 Å². The second-order valence-electron chi connectivity index (χ2n) is 3.49. The molecule has 1 rings (SSSR count). The molecule has 0 amide bonds. The van der Waals surface area contributed by atoms with E-state index < -0.39 is 5.97 Å². The second kappa shape index (κ2) is 6.85. The van der Waals surface area contributed by atoms with Crippen LogP contribution >= 0.6 is 0 Å². The number of anilines is 1. The van der Waals surface area contributed by atoms with Crippen molar-refractivity contribution in [1.82, 2.24) is 4.98 Å². The first-order chi connectivity index (χ1) is 8.19. The fourth-order valence-electron chi connectivity index (χ4n) is 1.45. The zero-order chi connectivity index (χ0) is 12.7. The van der Waals surface area contributed by atoms with Crippen molar-refractivity contribution >= 4 is 11.8 Å². The molecule has 94 valence electrons. The number of nitrogens with zero attached hydrogens (tertiary/aromatic N) is 2. The zero-order valence-electron chi connectivity index (χ0n) is 10.2. The molecule has 0 unspecified atom stereocenters. The van der Waals surface area contributed by atoms with E-state index in [-0.39, 0.29) is 5.56 Å². The minimum absolute atomic E-state index is 0.203. The number of likely N-dealkylation sites (N-methyl/N-ethyl adjacent to an activating group) is 1. The first kappa shape index (κ1) is 13.4. The topological polar surface area (TPSA) is 62.7 Å². The van der Waals surface area contributed by atoms with E-state index in [2.05, 4.69) is 4.98 Å². The highest BCUT2D eigenvalue weighted by Gasteiger charge is 2.07. The Balaban J connectivity index is 2.65. The summed E-state index contributed by atoms with van der Waals surface area (Å²) in [4.78, 5) is 16.9. The summed E-state index contributed by atoms with van der Waals surface area (Å²) in [5, 5.41) is 8.77. The third kappa shape index (κ3) is 4.03. The molecule has 17 heavy (non-hydrogen) atoms. The third-order valence-corrected chi connectivity index (χ3v) is 2.41. The smallest absolute Gasteiger partial charge is 0.337 e. The molecule has 0 saturated heterocycles. The minimum Gasteiger partial charge on any atom is -0.478 e. The number of ether oxygens (including phenoxy) is 1. The summed E-state index contributed by atoms with van der Waals surface area (Å²) >= 11 is 0. The van der Waals surface area contributed by atoms with Crippen molar-refractivity contribution in [3.05, 3.63) is 23.9 Å². The summed E-state index contributed by atoms with van der Waals surface area (Å²) in [6.45, 7) is 6.89. The van der Waals surface area contributed by atoms with Crippen LogP contribution in [0.15, 0.2) is 18.3 Å². The van der Waals surface area contributed by atoms with Crippen LogP contribution in [0.1, 0.15) is 24.2 Å². The molecule has 0 aliphatic heterocycles. The summed E-state index contributed by atoms with van der Waals surface area (Å²) in [6.07, 6.45) is 1.38. The fourth-order valence-corrected chi connectivity index (χ4v) is 1.45. The summed E-state index contributed by atoms with van der Waals surface area (Å²) in [5.74, 6) is -0.182. The van der Waals surface area contributed by atoms with Crippen LogP contribution in [0.2, 0.25) is 0 Å². The maximum atomic E-state index is 10.7. The molecule has 0 aromatic carbocycles. The molecule has 1 heterocycles. The minimum atomic E-state index is -0.957. The van der Waals surface area contributed by atoms with Gasteiger partial charge in [0.1, 0.15) is 5.82 Å². The number of hydrogen-bond acceptors (Lipinski definition) is 4. The highest BCUT2D eigenvalue weighted by molar-refractivity contribution is 5.87. The maximum absolute atomic E-state index is 10.7. The van der Waals surface area contributed by atoms with Gasteiger partial charge in [-0.05, 0) is 26.0 Å². The molecule has 5 nitrogen and oxygen atoms in total. The molecule has 1 N–H and O–H groups in total. The third-order valence-electron chi connectivity index (χ3n) is 2.41. The van der Waals surface area contributed by atoms with Crippen molar-refractivity contribution in [2.45, 2.75) is 13.8 Å². The first-order valence-corrected chi connectivity index (χ1v) is 5.71. The molecule has 0 bridgehead atoms. The highest BCUT2D eigenvalue weighted by Crippen LogP contribution is 2.10. The molecule has 0 aliphatic carbocycles. The van der Waals surface area contributed by atoms with Crippen molar-refractivity contribution in [2.75, 3.05) is 31.2 Å². The predicted octanol–water partition coefficient (Wildman–Crippen LogP) is 1.64. The van der Waals surface area contributed by atoms with Gasteiger partial charge in [0.05, 0.1) is 12.2 Å². The quantitative estimate of drug-likeness (QED) is 0.732. The standard InChI is InChI=1S/C12H18N2O3/c1-3-14(7-8-17-4-2)11-6-5-10(9-13-11)12(15)16/h5-6,9H,3-4,7-8H2,1-2H3,(H,15,16). The molecule has 0 atom stereocenters. The van der Waals surface area contributed by atoms with E-state index in [0.29, 0.717) is 13.2 Å². The number of rotatable bonds is 7. The van der Waals surface area contributed by atoms with Crippen molar-refractivity contribution < 1.29 is 14.6 Å². The van der Waals surface area contributed by atoms with Crippen molar-refractivity contribution in [2.24, 2.45) is 0 Å². The monoisotopic (exact) mass is 238 g/mol. The average molecular weight is 238 g/mol. The van der Waals surface area contributed by atoms with E-state index in [0.717, 1.165) is 18.9 Å². The van der Waals surface area contributed by atoms with Gasteiger partial charge in [-0.25, -0.2) is 9.78 Å². The lowest BCUT2D eigenvalue weighted by Gasteiger charge is -2.21. The molecule has 1 aromatic rings. The summed E-state index contributed by atoms with van der Waals surface area (Å²) in [5.41, 5.74) is 0.203. The molecule has 0 aliphatic rings. The fraction of sp³-hybridized carbons (Fsp3) is 0.500. The second-order valence-corrected chi connectivity index (χ2v) is 3.49. The van der Waals surface area contributed by atoms with Crippen LogP contribution in [0.4, 0.5) is 5.82 Å². The highest BCUT2D eigenvalue weighted by atomic mass is 16.5. The zero-order valence-corrected chi connectivity index (χ0v) is 10.2. The van der Waals surface area contributed by atoms with Crippen LogP contribution < -0.4 is 4.90 Å². The lowest BCUT2D eigenvalue weighted by atomic mass is 10.3. The predicted molar refractivity (Wildman–Crippen MR) is 65.6 cm³/mol. The van der Waals surface area contributed by atoms with Gasteiger partial charge in [-0.2, -0.15) is 0 Å². The Morgan fingerprint density at radius 3 is 2.71 bits per heavy atom. The van der Waals surface area contributed by atoms with Crippen molar-refractivity contribution in [3.8, 4) is 0 Å². The van der Waals surface area contributed by atoms with E-state index in [9.17, 15) is 4.79 Å². The van der Waals surface area contributed by atoms with E-state index in [1.807, 2.05) is 18.7 Å². The van der Waals surface area contributed by atoms with Gasteiger partial charge in [-0.15, -0.1) is 0 Å². The van der Waals surface area contributed by atoms with Crippen LogP contribution in [0.3, 0.4) is 0 Å². The van der Waals surface area contributed by atoms with E-state index in [4.69, 9.17) is 9.84 Å². The van der Waals surface area contributed by atoms with Crippen LogP contribution in [0.5, 0.6) is 0 Å². The van der Waals surface area contributed by atoms with Crippen molar-refractivity contribution in [3.63, 3.8) is 0 Å². The van der Waals surface area contributed by atoms with Gasteiger partial charge in [-0.1, -0.05) is 0 Å². The Morgan fingerprint density at radius 2 is 2.24 bits per heavy atom. The molecule has 0 fully saturated rings. The van der Waals surface area contributed by atoms with Gasteiger partial charge >= 0.3 is 5.97 Å². The van der Waals surface area contributed by atoms with Crippen molar-refractivity contribution in [1.29, 1.82) is 0 Å². The average Bonchev–Trinajstić information content (AvgIpc) is 2.35. The summed E-state index contributed by atoms with van der Waals surface area (Å²) < 4.78 is 5.29. The Hall–Kier alpha value is -1.62. The SMILES string of the molecule is CCOCCN(CC)c1ccc(C(=O)O)cn1. The van der Waals surface area contributed by atoms with E-state index in [1.54, 1.807) is 12.1 Å². The number of carbonyl (C=O) groups is 1. The molecule has 5 heteroatoms. The van der Waals surface area contributed by atoms with Gasteiger partial charge < -0.3 is 14.7 Å². The van der Waals surface area contributed by atoms with Crippen LogP contribution in [0.25, 0.3) is 0 Å². The summed E-state index contributed by atoms with van der Waals surface area (Å²) in [6, 6.07) is 3.28. The number of hydrogen-bond donors (Lipinski definition) is 1. The Labute approximate surface area is 101 Å². The Bertz CT molecular complexity index is 351. The maximum Gasteiger partial charge on any atom is 0.337 e. The van der Waals surface area contributed by atoms with E-state index >= 15 is 0 Å². The van der Waals surface area contributed by atoms with Gasteiger partial charge in [0.2, 0.25) is 0 Å². The number of aromatic carboxylic acids is 1. The molecular formula is C12H18N2O3. The number of carboxylic acids is 1. The molecule has 0 saturated carbocycles. The number of pyridine rings is 1. The normalized spacial score (nSPS) is 10.2. The summed E-state index contributed by atoms with van der Waals surface area (Å²) in [7, 11) is 0. The van der Waals surface area contributed by atoms with Gasteiger partial charge in [0.25, 0.3) is 0 Å². The Morgan fingerprint density at radius 1 is 1.47 bits per heavy atom. The molecule has 0 spiro atoms. The molecule has 1 aromatic heterocycles. The van der Waals surface area contributed by atoms with Crippen LogP contribution in [-0.2, 0) is 4.74 Å². The molecular weight excluding hydrogens is 220 g/mol. The molecule has 0 radical (unpaired) electrons. The number of carboxylic acid groups (broad SMARTS) is 1. The van der Waals surface area contributed by atoms with Crippen LogP contribution in [0, 0.1) is 0 Å². The van der Waals surface area contributed by atoms with Gasteiger partial charge in [0, 0.05) is 25.9 Å². The lowest BCUT2D eigenvalue weighted by molar-refractivity contribution is 0.0696. The Kier molecular flexibility index (Phi) is 5.42.